The van der Waals surface area contributed by atoms with E-state index in [2.05, 4.69) is 27.7 Å². The van der Waals surface area contributed by atoms with Crippen LogP contribution in [0.15, 0.2) is 0 Å². The van der Waals surface area contributed by atoms with Crippen LogP contribution in [-0.2, 0) is 4.79 Å². The number of rotatable bonds is 34. The van der Waals surface area contributed by atoms with Crippen molar-refractivity contribution in [3.8, 4) is 0 Å². The Labute approximate surface area is 260 Å². The van der Waals surface area contributed by atoms with E-state index in [9.17, 15) is 9.90 Å². The lowest BCUT2D eigenvalue weighted by Gasteiger charge is -2.30. The van der Waals surface area contributed by atoms with E-state index in [1.54, 1.807) is 0 Å². The minimum Gasteiger partial charge on any atom is -0.481 e. The summed E-state index contributed by atoms with van der Waals surface area (Å²) in [5.74, 6) is 0.0464. The summed E-state index contributed by atoms with van der Waals surface area (Å²) in [4.78, 5) is 12.5. The smallest absolute Gasteiger partial charge is 0.309 e. The van der Waals surface area contributed by atoms with Crippen LogP contribution in [0.3, 0.4) is 0 Å². The molecular weight excluding hydrogens is 500 g/mol. The Hall–Kier alpha value is -0.530. The monoisotopic (exact) mass is 579 g/mol. The molecule has 0 saturated heterocycles. The zero-order valence-corrected chi connectivity index (χ0v) is 29.1. The first-order valence-electron chi connectivity index (χ1n) is 19.2. The Morgan fingerprint density at radius 1 is 0.463 bits per heavy atom. The quantitative estimate of drug-likeness (QED) is 0.0771. The Bertz CT molecular complexity index is 530. The third-order valence-corrected chi connectivity index (χ3v) is 9.77. The highest BCUT2D eigenvalue weighted by Gasteiger charge is 2.34. The Morgan fingerprint density at radius 2 is 0.732 bits per heavy atom. The van der Waals surface area contributed by atoms with E-state index < -0.39 is 11.4 Å². The van der Waals surface area contributed by atoms with Gasteiger partial charge in [0.05, 0.1) is 5.41 Å². The number of unbranched alkanes of at least 4 members (excludes halogenated alkanes) is 25. The summed E-state index contributed by atoms with van der Waals surface area (Å²) >= 11 is 0. The third-order valence-electron chi connectivity index (χ3n) is 9.77. The van der Waals surface area contributed by atoms with E-state index in [-0.39, 0.29) is 0 Å². The highest BCUT2D eigenvalue weighted by Crippen LogP contribution is 2.37. The lowest BCUT2D eigenvalue weighted by molar-refractivity contribution is -0.149. The van der Waals surface area contributed by atoms with Crippen molar-refractivity contribution in [2.75, 3.05) is 0 Å². The van der Waals surface area contributed by atoms with Gasteiger partial charge in [0, 0.05) is 0 Å². The van der Waals surface area contributed by atoms with Crippen molar-refractivity contribution >= 4 is 5.97 Å². The van der Waals surface area contributed by atoms with Crippen molar-refractivity contribution < 1.29 is 9.90 Å². The summed E-state index contributed by atoms with van der Waals surface area (Å²) in [6.07, 6.45) is 42.1. The summed E-state index contributed by atoms with van der Waals surface area (Å²) in [5, 5.41) is 10.3. The number of carboxylic acids is 1. The van der Waals surface area contributed by atoms with E-state index >= 15 is 0 Å². The standard InChI is InChI=1S/C39H78O2/c1-5-8-11-14-17-19-20-21-22-23-24-26-29-32-35-39(4,38(40)41)36-37(33-30-27-16-13-10-7-3)34-31-28-25-18-15-12-9-6-2/h37H,5-36H2,1-4H3,(H,40,41). The zero-order valence-electron chi connectivity index (χ0n) is 29.1. The Morgan fingerprint density at radius 3 is 1.02 bits per heavy atom. The molecular formula is C39H78O2. The molecule has 0 spiro atoms. The van der Waals surface area contributed by atoms with Crippen LogP contribution >= 0.6 is 0 Å². The first-order valence-corrected chi connectivity index (χ1v) is 19.2. The molecule has 0 aromatic rings. The van der Waals surface area contributed by atoms with Crippen molar-refractivity contribution in [2.24, 2.45) is 11.3 Å². The van der Waals surface area contributed by atoms with Crippen LogP contribution in [0.5, 0.6) is 0 Å². The summed E-state index contributed by atoms with van der Waals surface area (Å²) < 4.78 is 0. The largest absolute Gasteiger partial charge is 0.481 e. The fourth-order valence-electron chi connectivity index (χ4n) is 6.77. The Balaban J connectivity index is 4.32. The van der Waals surface area contributed by atoms with E-state index in [1.807, 2.05) is 0 Å². The van der Waals surface area contributed by atoms with Crippen LogP contribution in [0.25, 0.3) is 0 Å². The molecule has 0 rings (SSSR count). The third kappa shape index (κ3) is 26.8. The van der Waals surface area contributed by atoms with Gasteiger partial charge < -0.3 is 5.11 Å². The molecule has 0 aliphatic heterocycles. The first-order chi connectivity index (χ1) is 20.0. The molecule has 0 aliphatic carbocycles. The van der Waals surface area contributed by atoms with Crippen molar-refractivity contribution in [2.45, 2.75) is 233 Å². The maximum atomic E-state index is 12.5. The molecule has 2 heteroatoms. The molecule has 0 radical (unpaired) electrons. The lowest BCUT2D eigenvalue weighted by atomic mass is 9.74. The maximum absolute atomic E-state index is 12.5. The topological polar surface area (TPSA) is 37.3 Å². The van der Waals surface area contributed by atoms with Gasteiger partial charge in [0.25, 0.3) is 0 Å². The first kappa shape index (κ1) is 40.5. The second-order valence-corrected chi connectivity index (χ2v) is 14.1. The van der Waals surface area contributed by atoms with Gasteiger partial charge in [-0.1, -0.05) is 213 Å². The van der Waals surface area contributed by atoms with Gasteiger partial charge in [0.15, 0.2) is 0 Å². The number of hydrogen-bond acceptors (Lipinski definition) is 1. The van der Waals surface area contributed by atoms with Gasteiger partial charge in [-0.3, -0.25) is 4.79 Å². The van der Waals surface area contributed by atoms with Gasteiger partial charge in [0.2, 0.25) is 0 Å². The SMILES string of the molecule is CCCCCCCCCCCCCCCCC(C)(CC(CCCCCCCC)CCCCCCCCCC)C(=O)O. The minimum absolute atomic E-state index is 0.538. The fourth-order valence-corrected chi connectivity index (χ4v) is 6.77. The van der Waals surface area contributed by atoms with Crippen molar-refractivity contribution in [3.63, 3.8) is 0 Å². The molecule has 2 atom stereocenters. The molecule has 0 saturated carbocycles. The van der Waals surface area contributed by atoms with Gasteiger partial charge in [-0.05, 0) is 25.7 Å². The molecule has 2 nitrogen and oxygen atoms in total. The van der Waals surface area contributed by atoms with Crippen LogP contribution in [0, 0.1) is 11.3 Å². The fraction of sp³-hybridized carbons (Fsp3) is 0.974. The van der Waals surface area contributed by atoms with E-state index in [4.69, 9.17) is 0 Å². The van der Waals surface area contributed by atoms with Crippen molar-refractivity contribution in [1.82, 2.24) is 0 Å². The lowest BCUT2D eigenvalue weighted by Crippen LogP contribution is -2.30. The highest BCUT2D eigenvalue weighted by molar-refractivity contribution is 5.74. The van der Waals surface area contributed by atoms with E-state index in [0.29, 0.717) is 5.92 Å². The highest BCUT2D eigenvalue weighted by atomic mass is 16.4. The number of carboxylic acid groups (broad SMARTS) is 1. The molecule has 1 N–H and O–H groups in total. The molecule has 0 aromatic carbocycles. The summed E-state index contributed by atoms with van der Waals surface area (Å²) in [7, 11) is 0. The maximum Gasteiger partial charge on any atom is 0.309 e. The second kappa shape index (κ2) is 30.9. The number of carbonyl (C=O) groups is 1. The molecule has 41 heavy (non-hydrogen) atoms. The van der Waals surface area contributed by atoms with Gasteiger partial charge in [-0.15, -0.1) is 0 Å². The molecule has 2 unspecified atom stereocenters. The molecule has 0 amide bonds. The van der Waals surface area contributed by atoms with Crippen LogP contribution in [0.1, 0.15) is 233 Å². The van der Waals surface area contributed by atoms with Crippen LogP contribution in [0.4, 0.5) is 0 Å². The van der Waals surface area contributed by atoms with Crippen LogP contribution in [0.2, 0.25) is 0 Å². The Kier molecular flexibility index (Phi) is 30.5. The molecule has 246 valence electrons. The molecule has 0 fully saturated rings. The molecule has 0 heterocycles. The predicted molar refractivity (Wildman–Crippen MR) is 184 cm³/mol. The van der Waals surface area contributed by atoms with Gasteiger partial charge in [-0.2, -0.15) is 0 Å². The average molecular weight is 579 g/mol. The predicted octanol–water partition coefficient (Wildman–Crippen LogP) is 14.2. The molecule has 0 bridgehead atoms. The van der Waals surface area contributed by atoms with Crippen molar-refractivity contribution in [1.29, 1.82) is 0 Å². The number of aliphatic carboxylic acids is 1. The summed E-state index contributed by atoms with van der Waals surface area (Å²) in [6.45, 7) is 8.93. The molecule has 0 aliphatic rings. The zero-order chi connectivity index (χ0) is 30.3. The van der Waals surface area contributed by atoms with Crippen molar-refractivity contribution in [3.05, 3.63) is 0 Å². The normalized spacial score (nSPS) is 13.9. The van der Waals surface area contributed by atoms with E-state index in [0.717, 1.165) is 19.3 Å². The van der Waals surface area contributed by atoms with Crippen LogP contribution < -0.4 is 0 Å². The van der Waals surface area contributed by atoms with Gasteiger partial charge >= 0.3 is 5.97 Å². The number of hydrogen-bond donors (Lipinski definition) is 1. The minimum atomic E-state index is -0.545. The molecule has 0 aromatic heterocycles. The summed E-state index contributed by atoms with van der Waals surface area (Å²) in [6, 6.07) is 0. The van der Waals surface area contributed by atoms with Gasteiger partial charge in [-0.25, -0.2) is 0 Å². The van der Waals surface area contributed by atoms with Crippen LogP contribution in [-0.4, -0.2) is 11.1 Å². The second-order valence-electron chi connectivity index (χ2n) is 14.1. The average Bonchev–Trinajstić information content (AvgIpc) is 2.96. The van der Waals surface area contributed by atoms with Gasteiger partial charge in [0.1, 0.15) is 0 Å². The van der Waals surface area contributed by atoms with E-state index in [1.165, 1.54) is 186 Å². The summed E-state index contributed by atoms with van der Waals surface area (Å²) in [5.41, 5.74) is -0.538.